The molecule has 2 aromatic rings. The van der Waals surface area contributed by atoms with Crippen molar-refractivity contribution in [2.24, 2.45) is 5.73 Å². The average Bonchev–Trinajstić information content (AvgIpc) is 2.66. The van der Waals surface area contributed by atoms with Crippen LogP contribution in [0, 0.1) is 5.41 Å². The number of nitrogen functional groups attached to an aromatic ring is 1. The maximum Gasteiger partial charge on any atom is 0.334 e. The molecule has 6 nitrogen and oxygen atoms in total. The smallest absolute Gasteiger partial charge is 0.334 e. The van der Waals surface area contributed by atoms with Crippen molar-refractivity contribution in [2.45, 2.75) is 52.2 Å². The number of aliphatic carboxylic acids is 1. The van der Waals surface area contributed by atoms with Gasteiger partial charge in [0.15, 0.2) is 5.54 Å². The van der Waals surface area contributed by atoms with E-state index < -0.39 is 11.5 Å². The van der Waals surface area contributed by atoms with E-state index in [1.165, 1.54) is 0 Å². The lowest BCUT2D eigenvalue weighted by molar-refractivity contribution is -0.142. The largest absolute Gasteiger partial charge is 0.491 e. The van der Waals surface area contributed by atoms with E-state index in [0.717, 1.165) is 17.7 Å². The molecule has 1 unspecified atom stereocenters. The number of aryl methyl sites for hydroxylation is 1. The normalized spacial score (nSPS) is 13.0. The summed E-state index contributed by atoms with van der Waals surface area (Å²) in [6.07, 6.45) is 1.14. The molecule has 150 valence electrons. The number of ether oxygens (including phenoxy) is 1. The van der Waals surface area contributed by atoms with Gasteiger partial charge in [-0.25, -0.2) is 4.79 Å². The molecule has 0 spiro atoms. The third-order valence-electron chi connectivity index (χ3n) is 4.75. The molecule has 2 rings (SSSR count). The van der Waals surface area contributed by atoms with Gasteiger partial charge < -0.3 is 20.9 Å². The monoisotopic (exact) mass is 383 g/mol. The van der Waals surface area contributed by atoms with Gasteiger partial charge in [0.05, 0.1) is 6.10 Å². The maximum absolute atomic E-state index is 12.3. The van der Waals surface area contributed by atoms with Gasteiger partial charge in [-0.1, -0.05) is 19.9 Å². The van der Waals surface area contributed by atoms with Gasteiger partial charge in [0.2, 0.25) is 0 Å². The summed E-state index contributed by atoms with van der Waals surface area (Å²) in [5, 5.41) is 20.8. The first-order valence-corrected chi connectivity index (χ1v) is 9.49. The Morgan fingerprint density at radius 3 is 2.32 bits per heavy atom. The average molecular weight is 383 g/mol. The molecule has 0 saturated carbocycles. The molecular weight excluding hydrogens is 354 g/mol. The minimum atomic E-state index is -1.28. The number of benzene rings is 2. The van der Waals surface area contributed by atoms with E-state index in [2.05, 4.69) is 5.32 Å². The zero-order valence-electron chi connectivity index (χ0n) is 16.9. The van der Waals surface area contributed by atoms with Gasteiger partial charge in [0, 0.05) is 11.3 Å². The number of carboxylic acid groups (broad SMARTS) is 1. The number of carboxylic acids is 1. The van der Waals surface area contributed by atoms with Crippen molar-refractivity contribution in [3.8, 4) is 5.75 Å². The second-order valence-corrected chi connectivity index (χ2v) is 7.02. The second-order valence-electron chi connectivity index (χ2n) is 7.02. The van der Waals surface area contributed by atoms with Crippen molar-refractivity contribution >= 4 is 17.5 Å². The molecule has 1 atom stereocenters. The Hall–Kier alpha value is -3.02. The van der Waals surface area contributed by atoms with Gasteiger partial charge in [0.1, 0.15) is 11.6 Å². The molecule has 0 bridgehead atoms. The lowest BCUT2D eigenvalue weighted by Gasteiger charge is -2.32. The minimum Gasteiger partial charge on any atom is -0.491 e. The summed E-state index contributed by atoms with van der Waals surface area (Å²) in [6, 6.07) is 12.4. The number of hydrogen-bond donors (Lipinski definition) is 4. The van der Waals surface area contributed by atoms with E-state index >= 15 is 0 Å². The molecule has 28 heavy (non-hydrogen) atoms. The molecule has 0 aliphatic heterocycles. The van der Waals surface area contributed by atoms with Crippen molar-refractivity contribution in [3.05, 3.63) is 59.2 Å². The highest BCUT2D eigenvalue weighted by Crippen LogP contribution is 2.34. The molecule has 0 saturated heterocycles. The topological polar surface area (TPSA) is 108 Å². The molecule has 6 heteroatoms. The number of amidine groups is 1. The Labute approximate surface area is 166 Å². The van der Waals surface area contributed by atoms with Crippen LogP contribution in [-0.4, -0.2) is 23.0 Å². The van der Waals surface area contributed by atoms with Crippen LogP contribution in [0.1, 0.15) is 50.8 Å². The second kappa shape index (κ2) is 8.78. The van der Waals surface area contributed by atoms with Crippen molar-refractivity contribution in [1.82, 2.24) is 0 Å². The SMILES string of the molecule is CCc1cc(C(CC)(Nc2ccc(C(=N)N)cc2)C(=O)O)ccc1OC(C)C. The first-order chi connectivity index (χ1) is 13.2. The fourth-order valence-electron chi connectivity index (χ4n) is 3.16. The third kappa shape index (κ3) is 4.44. The van der Waals surface area contributed by atoms with E-state index in [1.54, 1.807) is 24.3 Å². The van der Waals surface area contributed by atoms with E-state index in [0.29, 0.717) is 23.2 Å². The van der Waals surface area contributed by atoms with Gasteiger partial charge >= 0.3 is 5.97 Å². The minimum absolute atomic E-state index is 0.0279. The number of nitrogens with two attached hydrogens (primary N) is 1. The van der Waals surface area contributed by atoms with Crippen molar-refractivity contribution < 1.29 is 14.6 Å². The van der Waals surface area contributed by atoms with Crippen LogP contribution in [0.2, 0.25) is 0 Å². The van der Waals surface area contributed by atoms with Crippen LogP contribution in [0.4, 0.5) is 5.69 Å². The van der Waals surface area contributed by atoms with E-state index in [1.807, 2.05) is 45.9 Å². The van der Waals surface area contributed by atoms with Crippen LogP contribution in [0.3, 0.4) is 0 Å². The number of hydrogen-bond acceptors (Lipinski definition) is 4. The summed E-state index contributed by atoms with van der Waals surface area (Å²) in [5.41, 5.74) is 7.10. The number of nitrogens with one attached hydrogen (secondary N) is 2. The summed E-state index contributed by atoms with van der Waals surface area (Å²) in [6.45, 7) is 7.80. The van der Waals surface area contributed by atoms with Crippen LogP contribution in [0.15, 0.2) is 42.5 Å². The van der Waals surface area contributed by atoms with E-state index in [4.69, 9.17) is 15.9 Å². The van der Waals surface area contributed by atoms with Crippen LogP contribution >= 0.6 is 0 Å². The number of carbonyl (C=O) groups is 1. The zero-order valence-corrected chi connectivity index (χ0v) is 16.9. The van der Waals surface area contributed by atoms with Crippen LogP contribution in [0.25, 0.3) is 0 Å². The Bertz CT molecular complexity index is 847. The Morgan fingerprint density at radius 1 is 1.21 bits per heavy atom. The molecule has 2 aromatic carbocycles. The first-order valence-electron chi connectivity index (χ1n) is 9.49. The summed E-state index contributed by atoms with van der Waals surface area (Å²) in [7, 11) is 0. The van der Waals surface area contributed by atoms with Gasteiger partial charge in [0.25, 0.3) is 0 Å². The van der Waals surface area contributed by atoms with Gasteiger partial charge in [-0.15, -0.1) is 0 Å². The lowest BCUT2D eigenvalue weighted by atomic mass is 9.85. The molecule has 5 N–H and O–H groups in total. The maximum atomic E-state index is 12.3. The molecule has 0 radical (unpaired) electrons. The molecule has 0 aliphatic rings. The first kappa shape index (κ1) is 21.3. The van der Waals surface area contributed by atoms with Gasteiger partial charge in [-0.05, 0) is 74.2 Å². The zero-order chi connectivity index (χ0) is 20.9. The summed E-state index contributed by atoms with van der Waals surface area (Å²) in [4.78, 5) is 12.3. The summed E-state index contributed by atoms with van der Waals surface area (Å²) in [5.74, 6) is -0.201. The van der Waals surface area contributed by atoms with E-state index in [-0.39, 0.29) is 11.9 Å². The number of rotatable bonds is 9. The van der Waals surface area contributed by atoms with Crippen molar-refractivity contribution in [2.75, 3.05) is 5.32 Å². The van der Waals surface area contributed by atoms with Crippen molar-refractivity contribution in [3.63, 3.8) is 0 Å². The van der Waals surface area contributed by atoms with Crippen LogP contribution in [-0.2, 0) is 16.8 Å². The molecule has 0 fully saturated rings. The molecule has 0 aliphatic carbocycles. The fourth-order valence-corrected chi connectivity index (χ4v) is 3.16. The van der Waals surface area contributed by atoms with Gasteiger partial charge in [-0.3, -0.25) is 5.41 Å². The summed E-state index contributed by atoms with van der Waals surface area (Å²) < 4.78 is 5.85. The van der Waals surface area contributed by atoms with E-state index in [9.17, 15) is 9.90 Å². The predicted molar refractivity (Wildman–Crippen MR) is 112 cm³/mol. The molecule has 0 amide bonds. The highest BCUT2D eigenvalue weighted by Gasteiger charge is 2.39. The van der Waals surface area contributed by atoms with Crippen LogP contribution in [0.5, 0.6) is 5.75 Å². The van der Waals surface area contributed by atoms with Crippen LogP contribution < -0.4 is 15.8 Å². The quantitative estimate of drug-likeness (QED) is 0.385. The highest BCUT2D eigenvalue weighted by atomic mass is 16.5. The standard InChI is InChI=1S/C22H29N3O3/c1-5-15-13-17(9-12-19(15)28-14(3)4)22(6-2,21(26)27)25-18-10-7-16(8-11-18)20(23)24/h7-14,25H,5-6H2,1-4H3,(H3,23,24)(H,26,27). The Morgan fingerprint density at radius 2 is 1.86 bits per heavy atom. The number of anilines is 1. The Kier molecular flexibility index (Phi) is 6.67. The molecule has 0 heterocycles. The molecule has 0 aromatic heterocycles. The predicted octanol–water partition coefficient (Wildman–Crippen LogP) is 4.12. The molecular formula is C22H29N3O3. The van der Waals surface area contributed by atoms with Gasteiger partial charge in [-0.2, -0.15) is 0 Å². The third-order valence-corrected chi connectivity index (χ3v) is 4.75. The highest BCUT2D eigenvalue weighted by molar-refractivity contribution is 5.95. The Balaban J connectivity index is 2.47. The summed E-state index contributed by atoms with van der Waals surface area (Å²) >= 11 is 0. The lowest BCUT2D eigenvalue weighted by Crippen LogP contribution is -2.43. The fraction of sp³-hybridized carbons (Fsp3) is 0.364. The van der Waals surface area contributed by atoms with Crippen molar-refractivity contribution in [1.29, 1.82) is 5.41 Å².